The number of benzene rings is 1. The SMILES string of the molecule is CN(C)c1ccc(NC(=O)[C@H]2CCCO2)cc1. The number of ether oxygens (including phenoxy) is 1. The lowest BCUT2D eigenvalue weighted by atomic mass is 10.2. The van der Waals surface area contributed by atoms with Crippen LogP contribution in [0.2, 0.25) is 0 Å². The summed E-state index contributed by atoms with van der Waals surface area (Å²) in [5, 5.41) is 2.87. The van der Waals surface area contributed by atoms with Crippen LogP contribution in [0.15, 0.2) is 24.3 Å². The quantitative estimate of drug-likeness (QED) is 0.868. The van der Waals surface area contributed by atoms with Crippen molar-refractivity contribution in [2.45, 2.75) is 18.9 Å². The summed E-state index contributed by atoms with van der Waals surface area (Å²) in [6.07, 6.45) is 1.52. The largest absolute Gasteiger partial charge is 0.378 e. The molecule has 1 aliphatic rings. The zero-order chi connectivity index (χ0) is 12.3. The molecule has 17 heavy (non-hydrogen) atoms. The van der Waals surface area contributed by atoms with Crippen molar-refractivity contribution in [1.82, 2.24) is 0 Å². The van der Waals surface area contributed by atoms with Crippen molar-refractivity contribution >= 4 is 17.3 Å². The molecule has 1 N–H and O–H groups in total. The van der Waals surface area contributed by atoms with Gasteiger partial charge in [-0.2, -0.15) is 0 Å². The fourth-order valence-corrected chi connectivity index (χ4v) is 1.85. The van der Waals surface area contributed by atoms with Crippen LogP contribution in [0.4, 0.5) is 11.4 Å². The molecule has 1 amide bonds. The monoisotopic (exact) mass is 234 g/mol. The van der Waals surface area contributed by atoms with Gasteiger partial charge in [-0.15, -0.1) is 0 Å². The summed E-state index contributed by atoms with van der Waals surface area (Å²) in [5.74, 6) is -0.0416. The molecule has 0 bridgehead atoms. The number of carbonyl (C=O) groups is 1. The molecule has 4 nitrogen and oxygen atoms in total. The third kappa shape index (κ3) is 2.97. The Morgan fingerprint density at radius 2 is 2.06 bits per heavy atom. The maximum Gasteiger partial charge on any atom is 0.253 e. The minimum absolute atomic E-state index is 0.0416. The smallest absolute Gasteiger partial charge is 0.253 e. The lowest BCUT2D eigenvalue weighted by molar-refractivity contribution is -0.124. The summed E-state index contributed by atoms with van der Waals surface area (Å²) in [6, 6.07) is 7.76. The molecule has 0 aliphatic carbocycles. The molecule has 0 unspecified atom stereocenters. The number of hydrogen-bond acceptors (Lipinski definition) is 3. The second kappa shape index (κ2) is 5.19. The third-order valence-corrected chi connectivity index (χ3v) is 2.87. The average Bonchev–Trinajstić information content (AvgIpc) is 2.83. The molecule has 0 aromatic heterocycles. The molecule has 1 aromatic rings. The Hall–Kier alpha value is -1.55. The van der Waals surface area contributed by atoms with Gasteiger partial charge < -0.3 is 15.0 Å². The summed E-state index contributed by atoms with van der Waals surface area (Å²) in [5.41, 5.74) is 1.93. The molecule has 92 valence electrons. The summed E-state index contributed by atoms with van der Waals surface area (Å²) in [4.78, 5) is 13.8. The second-order valence-corrected chi connectivity index (χ2v) is 4.43. The number of anilines is 2. The topological polar surface area (TPSA) is 41.6 Å². The van der Waals surface area contributed by atoms with Crippen LogP contribution in [0.1, 0.15) is 12.8 Å². The average molecular weight is 234 g/mol. The Labute approximate surface area is 102 Å². The predicted molar refractivity (Wildman–Crippen MR) is 68.4 cm³/mol. The van der Waals surface area contributed by atoms with Gasteiger partial charge in [-0.3, -0.25) is 4.79 Å². The van der Waals surface area contributed by atoms with Gasteiger partial charge >= 0.3 is 0 Å². The van der Waals surface area contributed by atoms with Crippen LogP contribution in [-0.4, -0.2) is 32.7 Å². The molecule has 2 rings (SSSR count). The van der Waals surface area contributed by atoms with Gasteiger partial charge in [0.15, 0.2) is 0 Å². The fraction of sp³-hybridized carbons (Fsp3) is 0.462. The Bertz CT molecular complexity index is 381. The van der Waals surface area contributed by atoms with Crippen molar-refractivity contribution in [1.29, 1.82) is 0 Å². The van der Waals surface area contributed by atoms with E-state index in [-0.39, 0.29) is 12.0 Å². The van der Waals surface area contributed by atoms with Crippen LogP contribution in [0.25, 0.3) is 0 Å². The lowest BCUT2D eigenvalue weighted by Gasteiger charge is -2.14. The number of amides is 1. The first kappa shape index (κ1) is 11.9. The van der Waals surface area contributed by atoms with E-state index in [9.17, 15) is 4.79 Å². The highest BCUT2D eigenvalue weighted by Crippen LogP contribution is 2.18. The molecule has 0 saturated carbocycles. The minimum Gasteiger partial charge on any atom is -0.378 e. The Morgan fingerprint density at radius 3 is 2.59 bits per heavy atom. The number of carbonyl (C=O) groups excluding carboxylic acids is 1. The summed E-state index contributed by atoms with van der Waals surface area (Å²) < 4.78 is 5.33. The first-order valence-corrected chi connectivity index (χ1v) is 5.86. The Morgan fingerprint density at radius 1 is 1.35 bits per heavy atom. The van der Waals surface area contributed by atoms with Gasteiger partial charge in [0.1, 0.15) is 6.10 Å². The second-order valence-electron chi connectivity index (χ2n) is 4.43. The van der Waals surface area contributed by atoms with E-state index >= 15 is 0 Å². The molecule has 1 aromatic carbocycles. The van der Waals surface area contributed by atoms with Gasteiger partial charge in [-0.1, -0.05) is 0 Å². The van der Waals surface area contributed by atoms with Gasteiger partial charge in [0, 0.05) is 32.1 Å². The number of rotatable bonds is 3. The first-order valence-electron chi connectivity index (χ1n) is 5.86. The van der Waals surface area contributed by atoms with Gasteiger partial charge in [0.2, 0.25) is 0 Å². The van der Waals surface area contributed by atoms with Crippen molar-refractivity contribution in [3.05, 3.63) is 24.3 Å². The van der Waals surface area contributed by atoms with E-state index in [4.69, 9.17) is 4.74 Å². The van der Waals surface area contributed by atoms with Crippen LogP contribution in [0, 0.1) is 0 Å². The third-order valence-electron chi connectivity index (χ3n) is 2.87. The predicted octanol–water partition coefficient (Wildman–Crippen LogP) is 1.87. The van der Waals surface area contributed by atoms with E-state index in [0.717, 1.165) is 24.2 Å². The van der Waals surface area contributed by atoms with Crippen LogP contribution < -0.4 is 10.2 Å². The van der Waals surface area contributed by atoms with E-state index < -0.39 is 0 Å². The van der Waals surface area contributed by atoms with E-state index in [0.29, 0.717) is 6.61 Å². The number of nitrogens with zero attached hydrogens (tertiary/aromatic N) is 1. The van der Waals surface area contributed by atoms with Gasteiger partial charge in [0.25, 0.3) is 5.91 Å². The molecule has 4 heteroatoms. The van der Waals surface area contributed by atoms with Gasteiger partial charge in [-0.25, -0.2) is 0 Å². The first-order chi connectivity index (χ1) is 8.16. The molecule has 1 heterocycles. The molecular weight excluding hydrogens is 216 g/mol. The highest BCUT2D eigenvalue weighted by atomic mass is 16.5. The molecule has 1 aliphatic heterocycles. The van der Waals surface area contributed by atoms with Crippen LogP contribution in [0.3, 0.4) is 0 Å². The van der Waals surface area contributed by atoms with E-state index in [2.05, 4.69) is 5.32 Å². The molecule has 0 spiro atoms. The maximum absolute atomic E-state index is 11.8. The van der Waals surface area contributed by atoms with Crippen LogP contribution in [-0.2, 0) is 9.53 Å². The van der Waals surface area contributed by atoms with Crippen molar-refractivity contribution in [3.63, 3.8) is 0 Å². The summed E-state index contributed by atoms with van der Waals surface area (Å²) in [6.45, 7) is 0.692. The molecule has 1 saturated heterocycles. The normalized spacial score (nSPS) is 19.1. The maximum atomic E-state index is 11.8. The van der Waals surface area contributed by atoms with Gasteiger partial charge in [0.05, 0.1) is 0 Å². The van der Waals surface area contributed by atoms with E-state index in [1.807, 2.05) is 43.3 Å². The van der Waals surface area contributed by atoms with Crippen molar-refractivity contribution < 1.29 is 9.53 Å². The Kier molecular flexibility index (Phi) is 3.64. The van der Waals surface area contributed by atoms with Crippen molar-refractivity contribution in [2.75, 3.05) is 30.9 Å². The highest BCUT2D eigenvalue weighted by Gasteiger charge is 2.23. The number of nitrogens with one attached hydrogen (secondary N) is 1. The van der Waals surface area contributed by atoms with Crippen molar-refractivity contribution in [3.8, 4) is 0 Å². The van der Waals surface area contributed by atoms with Gasteiger partial charge in [-0.05, 0) is 37.1 Å². The minimum atomic E-state index is -0.275. The standard InChI is InChI=1S/C13H18N2O2/c1-15(2)11-7-5-10(6-8-11)14-13(16)12-4-3-9-17-12/h5-8,12H,3-4,9H2,1-2H3,(H,14,16)/t12-/m1/s1. The molecular formula is C13H18N2O2. The zero-order valence-corrected chi connectivity index (χ0v) is 10.3. The van der Waals surface area contributed by atoms with Crippen LogP contribution >= 0.6 is 0 Å². The molecule has 0 radical (unpaired) electrons. The fourth-order valence-electron chi connectivity index (χ4n) is 1.85. The number of hydrogen-bond donors (Lipinski definition) is 1. The zero-order valence-electron chi connectivity index (χ0n) is 10.3. The molecule has 1 atom stereocenters. The Balaban J connectivity index is 1.96. The van der Waals surface area contributed by atoms with E-state index in [1.165, 1.54) is 0 Å². The van der Waals surface area contributed by atoms with E-state index in [1.54, 1.807) is 0 Å². The highest BCUT2D eigenvalue weighted by molar-refractivity contribution is 5.94. The summed E-state index contributed by atoms with van der Waals surface area (Å²) in [7, 11) is 3.97. The summed E-state index contributed by atoms with van der Waals surface area (Å²) >= 11 is 0. The lowest BCUT2D eigenvalue weighted by Crippen LogP contribution is -2.26. The van der Waals surface area contributed by atoms with Crippen LogP contribution in [0.5, 0.6) is 0 Å². The van der Waals surface area contributed by atoms with Crippen molar-refractivity contribution in [2.24, 2.45) is 0 Å². The molecule has 1 fully saturated rings.